The molecule has 1 aliphatic heterocycles. The maximum absolute atomic E-state index is 13.6. The van der Waals surface area contributed by atoms with Gasteiger partial charge in [0.25, 0.3) is 0 Å². The molecule has 128 valence electrons. The lowest BCUT2D eigenvalue weighted by Gasteiger charge is -2.42. The fourth-order valence-corrected chi connectivity index (χ4v) is 2.40. The minimum atomic E-state index is -1.39. The number of ether oxygens (including phenoxy) is 2. The molecule has 8 heteroatoms. The Labute approximate surface area is 132 Å². The fourth-order valence-electron chi connectivity index (χ4n) is 2.40. The van der Waals surface area contributed by atoms with Crippen molar-refractivity contribution in [2.24, 2.45) is 0 Å². The maximum atomic E-state index is 13.6. The quantitative estimate of drug-likeness (QED) is 0.568. The van der Waals surface area contributed by atoms with Crippen molar-refractivity contribution in [2.75, 3.05) is 6.61 Å². The van der Waals surface area contributed by atoms with Crippen LogP contribution in [0, 0.1) is 5.82 Å². The molecule has 5 atom stereocenters. The van der Waals surface area contributed by atoms with Gasteiger partial charge >= 0.3 is 0 Å². The van der Waals surface area contributed by atoms with Crippen molar-refractivity contribution in [1.29, 1.82) is 0 Å². The summed E-state index contributed by atoms with van der Waals surface area (Å²) in [7, 11) is 0. The van der Waals surface area contributed by atoms with Gasteiger partial charge in [-0.25, -0.2) is 4.39 Å². The van der Waals surface area contributed by atoms with Crippen molar-refractivity contribution in [2.45, 2.75) is 44.2 Å². The molecule has 0 saturated carbocycles. The van der Waals surface area contributed by atoms with Gasteiger partial charge < -0.3 is 30.1 Å². The molecule has 0 bridgehead atoms. The molecule has 1 aromatic carbocycles. The molecular formula is C15H20FNO6. The normalized spacial score (nSPS) is 30.9. The van der Waals surface area contributed by atoms with Crippen molar-refractivity contribution >= 4 is 5.91 Å². The predicted molar refractivity (Wildman–Crippen MR) is 76.6 cm³/mol. The first-order valence-corrected chi connectivity index (χ1v) is 7.18. The Morgan fingerprint density at radius 1 is 1.35 bits per heavy atom. The summed E-state index contributed by atoms with van der Waals surface area (Å²) >= 11 is 0. The number of hydrogen-bond donors (Lipinski definition) is 4. The average Bonchev–Trinajstić information content (AvgIpc) is 2.52. The molecule has 7 nitrogen and oxygen atoms in total. The largest absolute Gasteiger partial charge is 0.394 e. The Morgan fingerprint density at radius 2 is 2.04 bits per heavy atom. The van der Waals surface area contributed by atoms with Gasteiger partial charge in [0.1, 0.15) is 30.2 Å². The number of nitrogens with one attached hydrogen (secondary N) is 1. The van der Waals surface area contributed by atoms with Crippen LogP contribution in [0.15, 0.2) is 24.3 Å². The first kappa shape index (κ1) is 17.8. The van der Waals surface area contributed by atoms with Gasteiger partial charge in [0.2, 0.25) is 5.91 Å². The highest BCUT2D eigenvalue weighted by Crippen LogP contribution is 2.23. The summed E-state index contributed by atoms with van der Waals surface area (Å²) < 4.78 is 24.4. The van der Waals surface area contributed by atoms with Crippen molar-refractivity contribution in [3.8, 4) is 0 Å². The second-order valence-corrected chi connectivity index (χ2v) is 5.34. The summed E-state index contributed by atoms with van der Waals surface area (Å²) in [5.74, 6) is -0.912. The van der Waals surface area contributed by atoms with Crippen LogP contribution in [0.1, 0.15) is 12.5 Å². The van der Waals surface area contributed by atoms with E-state index in [0.717, 1.165) is 0 Å². The van der Waals surface area contributed by atoms with Crippen molar-refractivity contribution < 1.29 is 34.0 Å². The van der Waals surface area contributed by atoms with Gasteiger partial charge in [-0.15, -0.1) is 0 Å². The fraction of sp³-hybridized carbons (Fsp3) is 0.533. The Balaban J connectivity index is 2.11. The number of amides is 1. The van der Waals surface area contributed by atoms with Crippen molar-refractivity contribution in [3.63, 3.8) is 0 Å². The van der Waals surface area contributed by atoms with E-state index in [4.69, 9.17) is 9.47 Å². The topological polar surface area (TPSA) is 108 Å². The summed E-state index contributed by atoms with van der Waals surface area (Å²) in [4.78, 5) is 11.3. The van der Waals surface area contributed by atoms with E-state index in [-0.39, 0.29) is 12.2 Å². The molecule has 0 unspecified atom stereocenters. The van der Waals surface area contributed by atoms with Crippen LogP contribution >= 0.6 is 0 Å². The third-order valence-corrected chi connectivity index (χ3v) is 3.61. The summed E-state index contributed by atoms with van der Waals surface area (Å²) in [5, 5.41) is 31.6. The molecular weight excluding hydrogens is 309 g/mol. The second-order valence-electron chi connectivity index (χ2n) is 5.34. The molecule has 1 heterocycles. The highest BCUT2D eigenvalue weighted by molar-refractivity contribution is 5.73. The van der Waals surface area contributed by atoms with E-state index in [9.17, 15) is 24.5 Å². The smallest absolute Gasteiger partial charge is 0.217 e. The molecule has 1 amide bonds. The second kappa shape index (κ2) is 7.80. The third kappa shape index (κ3) is 4.24. The van der Waals surface area contributed by atoms with E-state index >= 15 is 0 Å². The Kier molecular flexibility index (Phi) is 6.03. The number of aliphatic hydroxyl groups is 3. The maximum Gasteiger partial charge on any atom is 0.217 e. The molecule has 1 saturated heterocycles. The van der Waals surface area contributed by atoms with Gasteiger partial charge in [0.05, 0.1) is 13.2 Å². The number of aliphatic hydroxyl groups excluding tert-OH is 3. The Hall–Kier alpha value is -1.58. The molecule has 1 aliphatic rings. The lowest BCUT2D eigenvalue weighted by Crippen LogP contribution is -2.64. The molecule has 4 N–H and O–H groups in total. The van der Waals surface area contributed by atoms with Crippen LogP contribution in [0.25, 0.3) is 0 Å². The third-order valence-electron chi connectivity index (χ3n) is 3.61. The minimum Gasteiger partial charge on any atom is -0.394 e. The summed E-state index contributed by atoms with van der Waals surface area (Å²) in [5.41, 5.74) is 0.277. The van der Waals surface area contributed by atoms with Crippen LogP contribution in [-0.4, -0.2) is 58.5 Å². The number of rotatable bonds is 5. The average molecular weight is 329 g/mol. The van der Waals surface area contributed by atoms with Crippen LogP contribution < -0.4 is 5.32 Å². The van der Waals surface area contributed by atoms with E-state index in [1.165, 1.54) is 25.1 Å². The molecule has 0 aliphatic carbocycles. The van der Waals surface area contributed by atoms with E-state index < -0.39 is 49.0 Å². The van der Waals surface area contributed by atoms with E-state index in [0.29, 0.717) is 0 Å². The molecule has 2 rings (SSSR count). The summed E-state index contributed by atoms with van der Waals surface area (Å²) in [6.45, 7) is 0.546. The van der Waals surface area contributed by atoms with E-state index in [1.54, 1.807) is 6.07 Å². The Bertz CT molecular complexity index is 542. The molecule has 0 radical (unpaired) electrons. The molecule has 1 fully saturated rings. The first-order chi connectivity index (χ1) is 10.9. The van der Waals surface area contributed by atoms with Gasteiger partial charge in [-0.3, -0.25) is 4.79 Å². The zero-order valence-electron chi connectivity index (χ0n) is 12.6. The highest BCUT2D eigenvalue weighted by Gasteiger charge is 2.45. The first-order valence-electron chi connectivity index (χ1n) is 7.18. The molecule has 0 aromatic heterocycles. The summed E-state index contributed by atoms with van der Waals surface area (Å²) in [6.07, 6.45) is -4.99. The Morgan fingerprint density at radius 3 is 2.65 bits per heavy atom. The van der Waals surface area contributed by atoms with Crippen molar-refractivity contribution in [1.82, 2.24) is 5.32 Å². The number of carbonyl (C=O) groups is 1. The van der Waals surface area contributed by atoms with Crippen LogP contribution in [0.5, 0.6) is 0 Å². The number of carbonyl (C=O) groups excluding carboxylic acids is 1. The molecule has 0 spiro atoms. The lowest BCUT2D eigenvalue weighted by molar-refractivity contribution is -0.273. The standard InChI is InChI=1S/C15H20FNO6/c1-8(19)17-12-14(21)13(20)11(6-18)23-15(12)22-7-9-4-2-3-5-10(9)16/h2-5,11-15,18,20-21H,6-7H2,1H3,(H,17,19)/t11-,12-,13-,14-,15-/m0/s1. The monoisotopic (exact) mass is 329 g/mol. The number of hydrogen-bond acceptors (Lipinski definition) is 6. The van der Waals surface area contributed by atoms with Gasteiger partial charge in [0.15, 0.2) is 6.29 Å². The minimum absolute atomic E-state index is 0.158. The zero-order valence-corrected chi connectivity index (χ0v) is 12.6. The highest BCUT2D eigenvalue weighted by atomic mass is 19.1. The van der Waals surface area contributed by atoms with E-state index in [1.807, 2.05) is 0 Å². The van der Waals surface area contributed by atoms with Gasteiger partial charge in [-0.2, -0.15) is 0 Å². The van der Waals surface area contributed by atoms with Crippen LogP contribution in [0.2, 0.25) is 0 Å². The predicted octanol–water partition coefficient (Wildman–Crippen LogP) is -0.714. The zero-order chi connectivity index (χ0) is 17.0. The van der Waals surface area contributed by atoms with Gasteiger partial charge in [-0.05, 0) is 6.07 Å². The van der Waals surface area contributed by atoms with Crippen molar-refractivity contribution in [3.05, 3.63) is 35.6 Å². The SMILES string of the molecule is CC(=O)N[C@@H]1[C@@H](OCc2ccccc2F)O[C@@H](CO)[C@H](O)[C@H]1O. The van der Waals surface area contributed by atoms with E-state index in [2.05, 4.69) is 5.32 Å². The van der Waals surface area contributed by atoms with Gasteiger partial charge in [-0.1, -0.05) is 18.2 Å². The van der Waals surface area contributed by atoms with Gasteiger partial charge in [0, 0.05) is 12.5 Å². The number of halogens is 1. The van der Waals surface area contributed by atoms with Crippen LogP contribution in [-0.2, 0) is 20.9 Å². The lowest BCUT2D eigenvalue weighted by atomic mass is 9.97. The molecule has 23 heavy (non-hydrogen) atoms. The molecule has 1 aromatic rings. The summed E-state index contributed by atoms with van der Waals surface area (Å²) in [6, 6.07) is 4.94. The number of benzene rings is 1. The van der Waals surface area contributed by atoms with Crippen LogP contribution in [0.3, 0.4) is 0 Å². The van der Waals surface area contributed by atoms with Crippen LogP contribution in [0.4, 0.5) is 4.39 Å².